The fraction of sp³-hybridized carbons (Fsp3) is 0.280. The third-order valence-corrected chi connectivity index (χ3v) is 5.52. The Balaban J connectivity index is 1.68. The van der Waals surface area contributed by atoms with E-state index >= 15 is 0 Å². The van der Waals surface area contributed by atoms with Gasteiger partial charge in [0, 0.05) is 29.3 Å². The number of hydrogen-bond donors (Lipinski definition) is 3. The number of nitrogens with zero attached hydrogens (tertiary/aromatic N) is 2. The number of nitrogens with one attached hydrogen (secondary N) is 3. The molecule has 0 aliphatic rings. The molecule has 0 fully saturated rings. The van der Waals surface area contributed by atoms with Crippen molar-refractivity contribution in [3.05, 3.63) is 78.6 Å². The van der Waals surface area contributed by atoms with E-state index in [4.69, 9.17) is 0 Å². The van der Waals surface area contributed by atoms with Gasteiger partial charge in [-0.25, -0.2) is 0 Å². The Morgan fingerprint density at radius 3 is 2.18 bits per heavy atom. The van der Waals surface area contributed by atoms with E-state index in [2.05, 4.69) is 21.0 Å². The molecule has 8 heteroatoms. The third-order valence-electron chi connectivity index (χ3n) is 5.52. The molecule has 0 aliphatic heterocycles. The summed E-state index contributed by atoms with van der Waals surface area (Å²) in [5, 5.41) is 12.6. The maximum atomic E-state index is 13.1. The van der Waals surface area contributed by atoms with E-state index in [1.807, 2.05) is 19.9 Å². The van der Waals surface area contributed by atoms with Crippen LogP contribution in [0.3, 0.4) is 0 Å². The predicted molar refractivity (Wildman–Crippen MR) is 128 cm³/mol. The van der Waals surface area contributed by atoms with Crippen LogP contribution < -0.4 is 16.0 Å². The van der Waals surface area contributed by atoms with Gasteiger partial charge in [0.1, 0.15) is 12.1 Å². The quantitative estimate of drug-likeness (QED) is 0.463. The number of hydrogen-bond acceptors (Lipinski definition) is 4. The summed E-state index contributed by atoms with van der Waals surface area (Å²) in [7, 11) is 0. The molecule has 3 N–H and O–H groups in total. The summed E-state index contributed by atoms with van der Waals surface area (Å²) in [4.78, 5) is 38.2. The number of anilines is 2. The number of carbonyl (C=O) groups is 3. The summed E-state index contributed by atoms with van der Waals surface area (Å²) in [5.74, 6) is -0.919. The average Bonchev–Trinajstić information content (AvgIpc) is 3.37. The maximum Gasteiger partial charge on any atom is 0.251 e. The van der Waals surface area contributed by atoms with Crippen LogP contribution in [0.1, 0.15) is 43.6 Å². The molecule has 3 amide bonds. The number of carbonyl (C=O) groups excluding carboxylic acids is 3. The van der Waals surface area contributed by atoms with Gasteiger partial charge < -0.3 is 16.0 Å². The SMILES string of the molecule is CCC(C)C(NC(=O)c1ccccc1)C(=O)Nc1cccc(NC(=O)C(C)n2cccn2)c1. The Labute approximate surface area is 193 Å². The van der Waals surface area contributed by atoms with Crippen LogP contribution in [-0.4, -0.2) is 33.5 Å². The van der Waals surface area contributed by atoms with Crippen LogP contribution in [0, 0.1) is 5.92 Å². The smallest absolute Gasteiger partial charge is 0.251 e. The molecule has 0 aliphatic carbocycles. The minimum Gasteiger partial charge on any atom is -0.340 e. The zero-order chi connectivity index (χ0) is 23.8. The Morgan fingerprint density at radius 1 is 0.909 bits per heavy atom. The summed E-state index contributed by atoms with van der Waals surface area (Å²) < 4.78 is 1.56. The highest BCUT2D eigenvalue weighted by Crippen LogP contribution is 2.19. The second-order valence-corrected chi connectivity index (χ2v) is 7.92. The molecule has 1 aromatic heterocycles. The molecule has 1 heterocycles. The Bertz CT molecular complexity index is 1080. The van der Waals surface area contributed by atoms with Crippen molar-refractivity contribution in [2.75, 3.05) is 10.6 Å². The number of rotatable bonds is 9. The predicted octanol–water partition coefficient (Wildman–Crippen LogP) is 3.87. The molecule has 33 heavy (non-hydrogen) atoms. The summed E-state index contributed by atoms with van der Waals surface area (Å²) in [6.07, 6.45) is 4.05. The van der Waals surface area contributed by atoms with E-state index < -0.39 is 12.1 Å². The van der Waals surface area contributed by atoms with Gasteiger partial charge in [-0.3, -0.25) is 19.1 Å². The number of amides is 3. The van der Waals surface area contributed by atoms with E-state index in [0.717, 1.165) is 0 Å². The first-order valence-corrected chi connectivity index (χ1v) is 11.0. The molecular formula is C25H29N5O3. The van der Waals surface area contributed by atoms with E-state index in [0.29, 0.717) is 23.4 Å². The second-order valence-electron chi connectivity index (χ2n) is 7.92. The molecule has 0 saturated heterocycles. The molecule has 172 valence electrons. The van der Waals surface area contributed by atoms with Gasteiger partial charge in [0.15, 0.2) is 0 Å². The highest BCUT2D eigenvalue weighted by atomic mass is 16.2. The van der Waals surface area contributed by atoms with Gasteiger partial charge in [-0.15, -0.1) is 0 Å². The lowest BCUT2D eigenvalue weighted by atomic mass is 9.97. The van der Waals surface area contributed by atoms with Gasteiger partial charge in [0.25, 0.3) is 5.91 Å². The van der Waals surface area contributed by atoms with Crippen LogP contribution in [0.15, 0.2) is 73.1 Å². The lowest BCUT2D eigenvalue weighted by Crippen LogP contribution is -2.47. The highest BCUT2D eigenvalue weighted by molar-refractivity contribution is 6.01. The number of aromatic nitrogens is 2. The van der Waals surface area contributed by atoms with Crippen molar-refractivity contribution in [2.24, 2.45) is 5.92 Å². The Kier molecular flexibility index (Phi) is 7.96. The first kappa shape index (κ1) is 23.7. The fourth-order valence-electron chi connectivity index (χ4n) is 3.29. The molecule has 3 unspecified atom stereocenters. The Hall–Kier alpha value is -3.94. The minimum atomic E-state index is -0.708. The standard InChI is InChI=1S/C25H29N5O3/c1-4-17(2)22(29-24(32)19-10-6-5-7-11-19)25(33)28-21-13-8-12-20(16-21)27-23(31)18(3)30-15-9-14-26-30/h5-18,22H,4H2,1-3H3,(H,27,31)(H,28,33)(H,29,32). The van der Waals surface area contributed by atoms with Crippen LogP contribution in [0.5, 0.6) is 0 Å². The molecule has 3 atom stereocenters. The maximum absolute atomic E-state index is 13.1. The molecule has 2 aromatic carbocycles. The average molecular weight is 448 g/mol. The number of benzene rings is 2. The van der Waals surface area contributed by atoms with Gasteiger partial charge in [0.05, 0.1) is 0 Å². The van der Waals surface area contributed by atoms with E-state index in [9.17, 15) is 14.4 Å². The molecule has 0 spiro atoms. The Morgan fingerprint density at radius 2 is 1.58 bits per heavy atom. The van der Waals surface area contributed by atoms with Crippen LogP contribution in [-0.2, 0) is 9.59 Å². The van der Waals surface area contributed by atoms with E-state index in [-0.39, 0.29) is 23.6 Å². The van der Waals surface area contributed by atoms with Crippen LogP contribution in [0.2, 0.25) is 0 Å². The third kappa shape index (κ3) is 6.29. The summed E-state index contributed by atoms with van der Waals surface area (Å²) >= 11 is 0. The van der Waals surface area contributed by atoms with Crippen molar-refractivity contribution in [1.29, 1.82) is 0 Å². The zero-order valence-electron chi connectivity index (χ0n) is 19.0. The van der Waals surface area contributed by atoms with Crippen molar-refractivity contribution < 1.29 is 14.4 Å². The van der Waals surface area contributed by atoms with Crippen molar-refractivity contribution >= 4 is 29.1 Å². The largest absolute Gasteiger partial charge is 0.340 e. The second kappa shape index (κ2) is 11.1. The summed E-state index contributed by atoms with van der Waals surface area (Å²) in [6, 6.07) is 16.3. The molecule has 0 radical (unpaired) electrons. The van der Waals surface area contributed by atoms with Crippen molar-refractivity contribution in [2.45, 2.75) is 39.3 Å². The molecule has 0 bridgehead atoms. The minimum absolute atomic E-state index is 0.0736. The molecule has 3 rings (SSSR count). The van der Waals surface area contributed by atoms with Crippen LogP contribution in [0.4, 0.5) is 11.4 Å². The van der Waals surface area contributed by atoms with Gasteiger partial charge in [-0.1, -0.05) is 44.5 Å². The summed E-state index contributed by atoms with van der Waals surface area (Å²) in [5.41, 5.74) is 1.56. The molecule has 3 aromatic rings. The molecule has 0 saturated carbocycles. The van der Waals surface area contributed by atoms with Gasteiger partial charge >= 0.3 is 0 Å². The fourth-order valence-corrected chi connectivity index (χ4v) is 3.29. The van der Waals surface area contributed by atoms with Gasteiger partial charge in [-0.05, 0) is 49.2 Å². The summed E-state index contributed by atoms with van der Waals surface area (Å²) in [6.45, 7) is 5.64. The van der Waals surface area contributed by atoms with E-state index in [1.54, 1.807) is 78.6 Å². The van der Waals surface area contributed by atoms with Gasteiger partial charge in [0.2, 0.25) is 11.8 Å². The molecular weight excluding hydrogens is 418 g/mol. The first-order valence-electron chi connectivity index (χ1n) is 11.0. The first-order chi connectivity index (χ1) is 15.9. The van der Waals surface area contributed by atoms with Crippen molar-refractivity contribution in [3.63, 3.8) is 0 Å². The van der Waals surface area contributed by atoms with Crippen molar-refractivity contribution in [3.8, 4) is 0 Å². The normalized spacial score (nSPS) is 13.4. The van der Waals surface area contributed by atoms with Crippen molar-refractivity contribution in [1.82, 2.24) is 15.1 Å². The zero-order valence-corrected chi connectivity index (χ0v) is 19.0. The highest BCUT2D eigenvalue weighted by Gasteiger charge is 2.26. The van der Waals surface area contributed by atoms with E-state index in [1.165, 1.54) is 0 Å². The van der Waals surface area contributed by atoms with Crippen LogP contribution >= 0.6 is 0 Å². The topological polar surface area (TPSA) is 105 Å². The monoisotopic (exact) mass is 447 g/mol. The lowest BCUT2D eigenvalue weighted by Gasteiger charge is -2.24. The van der Waals surface area contributed by atoms with Crippen LogP contribution in [0.25, 0.3) is 0 Å². The lowest BCUT2D eigenvalue weighted by molar-refractivity contribution is -0.119. The molecule has 8 nitrogen and oxygen atoms in total. The van der Waals surface area contributed by atoms with Gasteiger partial charge in [-0.2, -0.15) is 5.10 Å².